The van der Waals surface area contributed by atoms with E-state index in [1.807, 2.05) is 6.07 Å². The van der Waals surface area contributed by atoms with Gasteiger partial charge in [-0.05, 0) is 55.0 Å². The molecule has 0 unspecified atom stereocenters. The van der Waals surface area contributed by atoms with Crippen molar-refractivity contribution in [2.24, 2.45) is 5.92 Å². The third-order valence-corrected chi connectivity index (χ3v) is 5.88. The summed E-state index contributed by atoms with van der Waals surface area (Å²) >= 11 is 0. The second-order valence-corrected chi connectivity index (χ2v) is 8.27. The third kappa shape index (κ3) is 6.24. The molecule has 2 heterocycles. The molecule has 2 aliphatic heterocycles. The molecule has 0 bridgehead atoms. The Hall–Kier alpha value is -3.63. The Morgan fingerprint density at radius 2 is 1.74 bits per heavy atom. The van der Waals surface area contributed by atoms with Gasteiger partial charge in [-0.3, -0.25) is 10.1 Å². The number of alkyl halides is 3. The van der Waals surface area contributed by atoms with Gasteiger partial charge in [0.25, 0.3) is 0 Å². The van der Waals surface area contributed by atoms with Crippen molar-refractivity contribution in [2.75, 3.05) is 24.6 Å². The summed E-state index contributed by atoms with van der Waals surface area (Å²) in [7, 11) is 0. The van der Waals surface area contributed by atoms with E-state index in [4.69, 9.17) is 4.74 Å². The molecule has 8 nitrogen and oxygen atoms in total. The number of ether oxygens (including phenoxy) is 2. The highest BCUT2D eigenvalue weighted by Crippen LogP contribution is 2.34. The highest BCUT2D eigenvalue weighted by atomic mass is 19.4. The van der Waals surface area contributed by atoms with E-state index in [1.165, 1.54) is 12.1 Å². The van der Waals surface area contributed by atoms with Crippen molar-refractivity contribution >= 4 is 11.4 Å². The zero-order valence-corrected chi connectivity index (χ0v) is 18.3. The minimum Gasteiger partial charge on any atom is -0.483 e. The molecule has 2 aliphatic rings. The van der Waals surface area contributed by atoms with Gasteiger partial charge in [-0.15, -0.1) is 13.2 Å². The molecule has 2 aromatic rings. The van der Waals surface area contributed by atoms with Crippen LogP contribution in [-0.4, -0.2) is 37.1 Å². The molecule has 2 N–H and O–H groups in total. The average Bonchev–Trinajstić information content (AvgIpc) is 3.32. The summed E-state index contributed by atoms with van der Waals surface area (Å²) in [6, 6.07) is 11.0. The number of benzene rings is 2. The first kappa shape index (κ1) is 23.5. The van der Waals surface area contributed by atoms with E-state index in [0.29, 0.717) is 5.92 Å². The van der Waals surface area contributed by atoms with Crippen molar-refractivity contribution in [3.05, 3.63) is 70.5 Å². The Morgan fingerprint density at radius 1 is 1.06 bits per heavy atom. The van der Waals surface area contributed by atoms with Crippen molar-refractivity contribution < 1.29 is 27.6 Å². The lowest BCUT2D eigenvalue weighted by Gasteiger charge is -2.33. The first-order valence-corrected chi connectivity index (χ1v) is 10.9. The number of anilines is 1. The van der Waals surface area contributed by atoms with Crippen LogP contribution in [0.4, 0.5) is 24.5 Å². The molecule has 0 aromatic heterocycles. The maximum Gasteiger partial charge on any atom is 0.573 e. The fourth-order valence-electron chi connectivity index (χ4n) is 4.17. The van der Waals surface area contributed by atoms with Gasteiger partial charge in [0.1, 0.15) is 18.5 Å². The minimum absolute atomic E-state index is 0.0771. The van der Waals surface area contributed by atoms with Gasteiger partial charge in [-0.2, -0.15) is 0 Å². The molecular formula is C23H25F3N4O4. The predicted octanol–water partition coefficient (Wildman–Crippen LogP) is 4.32. The number of nitro groups is 1. The SMILES string of the molecule is O=[N+]([O-])c1cc(N2CCC(Cc3ccc(OC(F)(F)F)cc3)CC2)ccc1OCC1NC=CN1. The van der Waals surface area contributed by atoms with E-state index in [0.717, 1.165) is 43.6 Å². The summed E-state index contributed by atoms with van der Waals surface area (Å²) in [5.41, 5.74) is 1.64. The van der Waals surface area contributed by atoms with Crippen molar-refractivity contribution in [1.82, 2.24) is 10.6 Å². The van der Waals surface area contributed by atoms with E-state index in [2.05, 4.69) is 20.3 Å². The normalized spacial score (nSPS) is 16.7. The number of nitrogens with one attached hydrogen (secondary N) is 2. The van der Waals surface area contributed by atoms with Gasteiger partial charge in [-0.25, -0.2) is 0 Å². The topological polar surface area (TPSA) is 88.9 Å². The van der Waals surface area contributed by atoms with Crippen LogP contribution < -0.4 is 25.0 Å². The third-order valence-electron chi connectivity index (χ3n) is 5.88. The summed E-state index contributed by atoms with van der Waals surface area (Å²) in [6.07, 6.45) is 1.16. The average molecular weight is 478 g/mol. The summed E-state index contributed by atoms with van der Waals surface area (Å²) in [4.78, 5) is 13.3. The van der Waals surface area contributed by atoms with Crippen LogP contribution in [0.2, 0.25) is 0 Å². The minimum atomic E-state index is -4.70. The monoisotopic (exact) mass is 478 g/mol. The van der Waals surface area contributed by atoms with Crippen molar-refractivity contribution in [2.45, 2.75) is 31.8 Å². The Kier molecular flexibility index (Phi) is 6.99. The highest BCUT2D eigenvalue weighted by Gasteiger charge is 2.31. The molecular weight excluding hydrogens is 453 g/mol. The van der Waals surface area contributed by atoms with E-state index in [-0.39, 0.29) is 30.0 Å². The Labute approximate surface area is 194 Å². The van der Waals surface area contributed by atoms with Gasteiger partial charge in [0, 0.05) is 37.2 Å². The van der Waals surface area contributed by atoms with Crippen molar-refractivity contribution in [3.8, 4) is 11.5 Å². The number of halogens is 3. The summed E-state index contributed by atoms with van der Waals surface area (Å²) in [6.45, 7) is 1.71. The first-order chi connectivity index (χ1) is 16.3. The van der Waals surface area contributed by atoms with Gasteiger partial charge in [0.15, 0.2) is 5.75 Å². The largest absolute Gasteiger partial charge is 0.573 e. The first-order valence-electron chi connectivity index (χ1n) is 10.9. The van der Waals surface area contributed by atoms with E-state index in [1.54, 1.807) is 36.7 Å². The maximum absolute atomic E-state index is 12.3. The second kappa shape index (κ2) is 10.1. The van der Waals surface area contributed by atoms with E-state index in [9.17, 15) is 23.3 Å². The van der Waals surface area contributed by atoms with Crippen LogP contribution in [-0.2, 0) is 6.42 Å². The quantitative estimate of drug-likeness (QED) is 0.432. The van der Waals surface area contributed by atoms with Crippen LogP contribution >= 0.6 is 0 Å². The number of hydrogen-bond acceptors (Lipinski definition) is 7. The van der Waals surface area contributed by atoms with Gasteiger partial charge in [0.2, 0.25) is 0 Å². The fraction of sp³-hybridized carbons (Fsp3) is 0.391. The molecule has 0 aliphatic carbocycles. The number of piperidine rings is 1. The van der Waals surface area contributed by atoms with Crippen LogP contribution in [0.3, 0.4) is 0 Å². The number of nitrogens with zero attached hydrogens (tertiary/aromatic N) is 2. The molecule has 0 radical (unpaired) electrons. The Bertz CT molecular complexity index is 1010. The van der Waals surface area contributed by atoms with E-state index < -0.39 is 11.3 Å². The lowest BCUT2D eigenvalue weighted by molar-refractivity contribution is -0.385. The van der Waals surface area contributed by atoms with Gasteiger partial charge >= 0.3 is 12.0 Å². The molecule has 0 saturated carbocycles. The Morgan fingerprint density at radius 3 is 2.35 bits per heavy atom. The van der Waals surface area contributed by atoms with Gasteiger partial charge in [0.05, 0.1) is 4.92 Å². The molecule has 0 atom stereocenters. The Balaban J connectivity index is 1.31. The number of rotatable bonds is 8. The highest BCUT2D eigenvalue weighted by molar-refractivity contribution is 5.60. The van der Waals surface area contributed by atoms with Crippen LogP contribution in [0.5, 0.6) is 11.5 Å². The second-order valence-electron chi connectivity index (χ2n) is 8.27. The van der Waals surface area contributed by atoms with Gasteiger partial charge < -0.3 is 25.0 Å². The molecule has 34 heavy (non-hydrogen) atoms. The van der Waals surface area contributed by atoms with Crippen molar-refractivity contribution in [3.63, 3.8) is 0 Å². The zero-order valence-electron chi connectivity index (χ0n) is 18.3. The molecule has 182 valence electrons. The molecule has 1 saturated heterocycles. The number of hydrogen-bond donors (Lipinski definition) is 2. The smallest absolute Gasteiger partial charge is 0.483 e. The van der Waals surface area contributed by atoms with Crippen LogP contribution in [0.15, 0.2) is 54.9 Å². The van der Waals surface area contributed by atoms with Crippen LogP contribution in [0.1, 0.15) is 18.4 Å². The molecule has 1 fully saturated rings. The van der Waals surface area contributed by atoms with Crippen LogP contribution in [0, 0.1) is 16.0 Å². The van der Waals surface area contributed by atoms with Crippen molar-refractivity contribution in [1.29, 1.82) is 0 Å². The molecule has 2 aromatic carbocycles. The fourth-order valence-corrected chi connectivity index (χ4v) is 4.17. The zero-order chi connectivity index (χ0) is 24.1. The summed E-state index contributed by atoms with van der Waals surface area (Å²) < 4.78 is 46.5. The lowest BCUT2D eigenvalue weighted by Crippen LogP contribution is -2.36. The van der Waals surface area contributed by atoms with Crippen LogP contribution in [0.25, 0.3) is 0 Å². The predicted molar refractivity (Wildman–Crippen MR) is 120 cm³/mol. The molecule has 4 rings (SSSR count). The standard InChI is InChI=1S/C23H25F3N4O4/c24-23(25,26)34-19-4-1-16(2-5-19)13-17-7-11-29(12-8-17)18-3-6-21(20(14-18)30(31)32)33-15-22-27-9-10-28-22/h1-6,9-10,14,17,22,27-28H,7-8,11-13,15H2. The molecule has 0 amide bonds. The molecule has 0 spiro atoms. The summed E-state index contributed by atoms with van der Waals surface area (Å²) in [5, 5.41) is 17.7. The summed E-state index contributed by atoms with van der Waals surface area (Å²) in [5.74, 6) is 0.368. The van der Waals surface area contributed by atoms with Gasteiger partial charge in [-0.1, -0.05) is 12.1 Å². The lowest BCUT2D eigenvalue weighted by atomic mass is 9.90. The molecule has 11 heteroatoms. The van der Waals surface area contributed by atoms with E-state index >= 15 is 0 Å². The maximum atomic E-state index is 12.3. The number of nitro benzene ring substituents is 1.